The third kappa shape index (κ3) is 4.61. The molecule has 1 atom stereocenters. The highest BCUT2D eigenvalue weighted by Crippen LogP contribution is 2.32. The molecule has 1 saturated heterocycles. The molecule has 29 heavy (non-hydrogen) atoms. The van der Waals surface area contributed by atoms with Gasteiger partial charge < -0.3 is 9.73 Å². The number of nitrogens with zero attached hydrogens (tertiary/aromatic N) is 5. The summed E-state index contributed by atoms with van der Waals surface area (Å²) in [5.74, 6) is 2.60. The first-order chi connectivity index (χ1) is 14.2. The van der Waals surface area contributed by atoms with Crippen LogP contribution in [-0.2, 0) is 13.0 Å². The highest BCUT2D eigenvalue weighted by Gasteiger charge is 2.28. The van der Waals surface area contributed by atoms with Gasteiger partial charge in [-0.2, -0.15) is 5.26 Å². The molecule has 0 spiro atoms. The molecule has 4 heterocycles. The third-order valence-corrected chi connectivity index (χ3v) is 5.09. The first-order valence-corrected chi connectivity index (χ1v) is 10.0. The summed E-state index contributed by atoms with van der Waals surface area (Å²) in [7, 11) is 0. The summed E-state index contributed by atoms with van der Waals surface area (Å²) in [5.41, 5.74) is 2.14. The van der Waals surface area contributed by atoms with Crippen LogP contribution in [-0.4, -0.2) is 26.4 Å². The number of furan rings is 1. The second kappa shape index (κ2) is 8.84. The largest absolute Gasteiger partial charge is 0.465 e. The molecule has 4 rings (SSSR count). The van der Waals surface area contributed by atoms with E-state index < -0.39 is 0 Å². The summed E-state index contributed by atoms with van der Waals surface area (Å²) >= 11 is 0. The summed E-state index contributed by atoms with van der Waals surface area (Å²) in [6.07, 6.45) is 7.67. The molecule has 0 unspecified atom stereocenters. The van der Waals surface area contributed by atoms with E-state index in [2.05, 4.69) is 39.2 Å². The summed E-state index contributed by atoms with van der Waals surface area (Å²) in [5, 5.41) is 12.0. The van der Waals surface area contributed by atoms with Crippen molar-refractivity contribution < 1.29 is 4.42 Å². The standard InChI is InChI=1S/C22H24N6O/c1-2-4-18-8-9-19(29-18)15-28-12-3-5-21(28)20-10-11-24-22(27-20)26-17-7-6-16(13-23)25-14-17/h6-11,14,21H,2-5,12,15H2,1H3,(H,24,26,27)/t21-/m1/s1. The predicted octanol–water partition coefficient (Wildman–Crippen LogP) is 4.37. The van der Waals surface area contributed by atoms with Gasteiger partial charge in [0.15, 0.2) is 0 Å². The minimum absolute atomic E-state index is 0.248. The van der Waals surface area contributed by atoms with Crippen LogP contribution in [0.4, 0.5) is 11.6 Å². The van der Waals surface area contributed by atoms with Gasteiger partial charge in [0.1, 0.15) is 23.3 Å². The fraction of sp³-hybridized carbons (Fsp3) is 0.364. The van der Waals surface area contributed by atoms with Crippen LogP contribution < -0.4 is 5.32 Å². The Morgan fingerprint density at radius 1 is 1.21 bits per heavy atom. The van der Waals surface area contributed by atoms with E-state index in [1.165, 1.54) is 0 Å². The Labute approximate surface area is 170 Å². The van der Waals surface area contributed by atoms with Crippen molar-refractivity contribution in [2.45, 2.75) is 45.2 Å². The molecule has 3 aromatic rings. The molecule has 0 aromatic carbocycles. The van der Waals surface area contributed by atoms with Gasteiger partial charge in [0, 0.05) is 12.6 Å². The third-order valence-electron chi connectivity index (χ3n) is 5.09. The lowest BCUT2D eigenvalue weighted by Gasteiger charge is -2.23. The zero-order valence-electron chi connectivity index (χ0n) is 16.5. The molecular formula is C22H24N6O. The van der Waals surface area contributed by atoms with Crippen LogP contribution in [0.2, 0.25) is 0 Å². The minimum atomic E-state index is 0.248. The lowest BCUT2D eigenvalue weighted by atomic mass is 10.1. The average molecular weight is 388 g/mol. The van der Waals surface area contributed by atoms with Gasteiger partial charge in [0.05, 0.1) is 30.2 Å². The van der Waals surface area contributed by atoms with E-state index in [0.29, 0.717) is 11.6 Å². The molecule has 0 aliphatic carbocycles. The summed E-state index contributed by atoms with van der Waals surface area (Å²) in [4.78, 5) is 15.6. The molecule has 3 aromatic heterocycles. The van der Waals surface area contributed by atoms with Crippen molar-refractivity contribution in [1.29, 1.82) is 5.26 Å². The van der Waals surface area contributed by atoms with Gasteiger partial charge in [0.2, 0.25) is 5.95 Å². The first kappa shape index (κ1) is 19.1. The summed E-state index contributed by atoms with van der Waals surface area (Å²) in [6, 6.07) is 11.9. The average Bonchev–Trinajstić information content (AvgIpc) is 3.39. The van der Waals surface area contributed by atoms with E-state index in [1.807, 2.05) is 12.1 Å². The van der Waals surface area contributed by atoms with Crippen LogP contribution >= 0.6 is 0 Å². The molecule has 0 radical (unpaired) electrons. The number of aryl methyl sites for hydroxylation is 1. The van der Waals surface area contributed by atoms with Crippen molar-refractivity contribution in [3.05, 3.63) is 65.6 Å². The Balaban J connectivity index is 1.46. The second-order valence-electron chi connectivity index (χ2n) is 7.22. The monoisotopic (exact) mass is 388 g/mol. The number of pyridine rings is 1. The first-order valence-electron chi connectivity index (χ1n) is 10.0. The maximum absolute atomic E-state index is 8.87. The summed E-state index contributed by atoms with van der Waals surface area (Å²) in [6.45, 7) is 3.98. The number of anilines is 2. The zero-order valence-corrected chi connectivity index (χ0v) is 16.5. The van der Waals surface area contributed by atoms with Crippen molar-refractivity contribution in [2.24, 2.45) is 0 Å². The van der Waals surface area contributed by atoms with Crippen LogP contribution in [0.1, 0.15) is 55.1 Å². The normalized spacial score (nSPS) is 16.6. The Hall–Kier alpha value is -3.24. The molecule has 0 amide bonds. The fourth-order valence-electron chi connectivity index (χ4n) is 3.72. The molecule has 7 nitrogen and oxygen atoms in total. The van der Waals surface area contributed by atoms with E-state index in [0.717, 1.165) is 61.7 Å². The van der Waals surface area contributed by atoms with E-state index in [4.69, 9.17) is 14.7 Å². The van der Waals surface area contributed by atoms with Gasteiger partial charge >= 0.3 is 0 Å². The smallest absolute Gasteiger partial charge is 0.227 e. The van der Waals surface area contributed by atoms with Gasteiger partial charge in [-0.3, -0.25) is 4.90 Å². The maximum Gasteiger partial charge on any atom is 0.227 e. The van der Waals surface area contributed by atoms with Crippen LogP contribution in [0, 0.1) is 11.3 Å². The molecule has 1 N–H and O–H groups in total. The predicted molar refractivity (Wildman–Crippen MR) is 109 cm³/mol. The van der Waals surface area contributed by atoms with Crippen molar-refractivity contribution in [3.8, 4) is 6.07 Å². The zero-order chi connectivity index (χ0) is 20.1. The van der Waals surface area contributed by atoms with Gasteiger partial charge in [-0.15, -0.1) is 0 Å². The van der Waals surface area contributed by atoms with Crippen LogP contribution in [0.25, 0.3) is 0 Å². The molecule has 7 heteroatoms. The highest BCUT2D eigenvalue weighted by molar-refractivity contribution is 5.52. The number of hydrogen-bond donors (Lipinski definition) is 1. The number of likely N-dealkylation sites (tertiary alicyclic amines) is 1. The highest BCUT2D eigenvalue weighted by atomic mass is 16.3. The maximum atomic E-state index is 8.87. The van der Waals surface area contributed by atoms with Gasteiger partial charge in [0.25, 0.3) is 0 Å². The van der Waals surface area contributed by atoms with Crippen molar-refractivity contribution in [3.63, 3.8) is 0 Å². The fourth-order valence-corrected chi connectivity index (χ4v) is 3.72. The van der Waals surface area contributed by atoms with E-state index in [-0.39, 0.29) is 6.04 Å². The summed E-state index contributed by atoms with van der Waals surface area (Å²) < 4.78 is 5.98. The molecular weight excluding hydrogens is 364 g/mol. The number of hydrogen-bond acceptors (Lipinski definition) is 7. The molecule has 1 aliphatic rings. The Morgan fingerprint density at radius 2 is 2.10 bits per heavy atom. The van der Waals surface area contributed by atoms with Crippen LogP contribution in [0.15, 0.2) is 47.1 Å². The second-order valence-corrected chi connectivity index (χ2v) is 7.22. The molecule has 0 bridgehead atoms. The lowest BCUT2D eigenvalue weighted by Crippen LogP contribution is -2.23. The molecule has 1 fully saturated rings. The molecule has 1 aliphatic heterocycles. The SMILES string of the molecule is CCCc1ccc(CN2CCC[C@@H]2c2ccnc(Nc3ccc(C#N)nc3)n2)o1. The quantitative estimate of drug-likeness (QED) is 0.642. The lowest BCUT2D eigenvalue weighted by molar-refractivity contribution is 0.222. The van der Waals surface area contributed by atoms with Gasteiger partial charge in [-0.1, -0.05) is 6.92 Å². The van der Waals surface area contributed by atoms with Crippen molar-refractivity contribution in [2.75, 3.05) is 11.9 Å². The number of nitriles is 1. The van der Waals surface area contributed by atoms with E-state index in [9.17, 15) is 0 Å². The number of aromatic nitrogens is 3. The number of rotatable bonds is 7. The van der Waals surface area contributed by atoms with E-state index in [1.54, 1.807) is 24.5 Å². The molecule has 0 saturated carbocycles. The van der Waals surface area contributed by atoms with Gasteiger partial charge in [-0.05, 0) is 56.1 Å². The Bertz CT molecular complexity index is 991. The van der Waals surface area contributed by atoms with Crippen molar-refractivity contribution >= 4 is 11.6 Å². The number of nitrogens with one attached hydrogen (secondary N) is 1. The Kier molecular flexibility index (Phi) is 5.82. The Morgan fingerprint density at radius 3 is 2.90 bits per heavy atom. The molecule has 148 valence electrons. The van der Waals surface area contributed by atoms with Crippen LogP contribution in [0.3, 0.4) is 0 Å². The topological polar surface area (TPSA) is 90.9 Å². The van der Waals surface area contributed by atoms with E-state index >= 15 is 0 Å². The minimum Gasteiger partial charge on any atom is -0.465 e. The van der Waals surface area contributed by atoms with Crippen LogP contribution in [0.5, 0.6) is 0 Å². The van der Waals surface area contributed by atoms with Crippen molar-refractivity contribution in [1.82, 2.24) is 19.9 Å². The van der Waals surface area contributed by atoms with Gasteiger partial charge in [-0.25, -0.2) is 15.0 Å².